The summed E-state index contributed by atoms with van der Waals surface area (Å²) in [5, 5.41) is 11.0. The fourth-order valence-electron chi connectivity index (χ4n) is 1.46. The predicted octanol–water partition coefficient (Wildman–Crippen LogP) is 1.17. The lowest BCUT2D eigenvalue weighted by Crippen LogP contribution is -2.64. The van der Waals surface area contributed by atoms with Gasteiger partial charge in [0.25, 0.3) is 0 Å². The number of likely N-dealkylation sites (N-methyl/N-ethyl adjacent to an activating group) is 1. The average molecular weight is 215 g/mol. The fraction of sp³-hybridized carbons (Fsp3) is 0.917. The lowest BCUT2D eigenvalue weighted by molar-refractivity contribution is -0.930. The first-order valence-corrected chi connectivity index (χ1v) is 5.80. The van der Waals surface area contributed by atoms with Gasteiger partial charge in [-0.3, -0.25) is 0 Å². The Labute approximate surface area is 93.7 Å². The zero-order chi connectivity index (χ0) is 12.1. The molecule has 0 rings (SSSR count). The normalized spacial score (nSPS) is 12.9. The summed E-state index contributed by atoms with van der Waals surface area (Å²) < 4.78 is 0.485. The van der Waals surface area contributed by atoms with Gasteiger partial charge in [0.15, 0.2) is 0 Å². The van der Waals surface area contributed by atoms with E-state index in [0.717, 1.165) is 13.0 Å². The maximum atomic E-state index is 11.0. The Balaban J connectivity index is 4.22. The van der Waals surface area contributed by atoms with E-state index in [4.69, 9.17) is 0 Å². The number of aliphatic carboxylic acids is 1. The molecule has 3 heteroatoms. The second kappa shape index (κ2) is 5.50. The van der Waals surface area contributed by atoms with Crippen molar-refractivity contribution in [1.82, 2.24) is 0 Å². The van der Waals surface area contributed by atoms with Gasteiger partial charge in [0.1, 0.15) is 11.5 Å². The first-order chi connectivity index (χ1) is 6.75. The van der Waals surface area contributed by atoms with E-state index in [2.05, 4.69) is 6.92 Å². The largest absolute Gasteiger partial charge is 0.544 e. The molecule has 0 atom stereocenters. The Kier molecular flexibility index (Phi) is 5.29. The van der Waals surface area contributed by atoms with Gasteiger partial charge in [0.05, 0.1) is 20.6 Å². The molecule has 0 aromatic carbocycles. The summed E-state index contributed by atoms with van der Waals surface area (Å²) in [7, 11) is 3.92. The van der Waals surface area contributed by atoms with E-state index in [1.165, 1.54) is 19.3 Å². The molecule has 0 saturated carbocycles. The lowest BCUT2D eigenvalue weighted by atomic mass is 10.00. The highest BCUT2D eigenvalue weighted by Gasteiger charge is 2.37. The van der Waals surface area contributed by atoms with Crippen molar-refractivity contribution in [2.75, 3.05) is 20.6 Å². The van der Waals surface area contributed by atoms with Gasteiger partial charge in [0, 0.05) is 0 Å². The number of hydrogen-bond acceptors (Lipinski definition) is 2. The molecule has 0 spiro atoms. The number of carbonyl (C=O) groups is 1. The van der Waals surface area contributed by atoms with Crippen LogP contribution in [0.25, 0.3) is 0 Å². The number of quaternary nitrogens is 1. The number of carbonyl (C=O) groups excluding carboxylic acids is 1. The molecule has 0 radical (unpaired) electrons. The highest BCUT2D eigenvalue weighted by molar-refractivity contribution is 5.73. The summed E-state index contributed by atoms with van der Waals surface area (Å²) in [6, 6.07) is 0. The quantitative estimate of drug-likeness (QED) is 0.472. The average Bonchev–Trinajstić information content (AvgIpc) is 2.12. The highest BCUT2D eigenvalue weighted by Crippen LogP contribution is 2.20. The van der Waals surface area contributed by atoms with Crippen molar-refractivity contribution in [3.63, 3.8) is 0 Å². The Morgan fingerprint density at radius 2 is 1.73 bits per heavy atom. The van der Waals surface area contributed by atoms with Crippen molar-refractivity contribution in [2.24, 2.45) is 0 Å². The van der Waals surface area contributed by atoms with Gasteiger partial charge in [-0.2, -0.15) is 0 Å². The van der Waals surface area contributed by atoms with E-state index in [0.29, 0.717) is 4.48 Å². The third-order valence-corrected chi connectivity index (χ3v) is 3.58. The molecule has 90 valence electrons. The van der Waals surface area contributed by atoms with Gasteiger partial charge < -0.3 is 14.4 Å². The summed E-state index contributed by atoms with van der Waals surface area (Å²) in [5.74, 6) is -0.969. The number of carboxylic acid groups (broad SMARTS) is 1. The maximum Gasteiger partial charge on any atom is 0.133 e. The third-order valence-electron chi connectivity index (χ3n) is 3.58. The molecule has 0 aliphatic rings. The van der Waals surface area contributed by atoms with Crippen molar-refractivity contribution in [3.05, 3.63) is 0 Å². The number of hydrogen-bond donors (Lipinski definition) is 0. The minimum Gasteiger partial charge on any atom is -0.544 e. The van der Waals surface area contributed by atoms with Gasteiger partial charge >= 0.3 is 0 Å². The Bertz CT molecular complexity index is 210. The first kappa shape index (κ1) is 14.4. The van der Waals surface area contributed by atoms with Gasteiger partial charge in [-0.15, -0.1) is 0 Å². The van der Waals surface area contributed by atoms with Gasteiger partial charge in [-0.05, 0) is 26.7 Å². The number of carboxylic acids is 1. The molecule has 0 aromatic rings. The molecule has 0 unspecified atom stereocenters. The van der Waals surface area contributed by atoms with Crippen LogP contribution in [0.4, 0.5) is 0 Å². The molecule has 0 N–H and O–H groups in total. The molecule has 0 amide bonds. The molecular weight excluding hydrogens is 190 g/mol. The second-order valence-electron chi connectivity index (χ2n) is 5.32. The minimum atomic E-state index is -0.969. The summed E-state index contributed by atoms with van der Waals surface area (Å²) >= 11 is 0. The van der Waals surface area contributed by atoms with Crippen LogP contribution < -0.4 is 5.11 Å². The summed E-state index contributed by atoms with van der Waals surface area (Å²) in [5.41, 5.74) is -0.813. The van der Waals surface area contributed by atoms with E-state index in [-0.39, 0.29) is 0 Å². The number of rotatable bonds is 7. The Morgan fingerprint density at radius 1 is 1.20 bits per heavy atom. The van der Waals surface area contributed by atoms with Crippen LogP contribution >= 0.6 is 0 Å². The monoisotopic (exact) mass is 215 g/mol. The second-order valence-corrected chi connectivity index (χ2v) is 5.32. The molecule has 0 saturated heterocycles. The van der Waals surface area contributed by atoms with Crippen molar-refractivity contribution in [1.29, 1.82) is 0 Å². The van der Waals surface area contributed by atoms with E-state index >= 15 is 0 Å². The van der Waals surface area contributed by atoms with E-state index in [1.807, 2.05) is 14.1 Å². The molecule has 0 fully saturated rings. The lowest BCUT2D eigenvalue weighted by Gasteiger charge is -2.45. The van der Waals surface area contributed by atoms with Crippen LogP contribution in [0.3, 0.4) is 0 Å². The Morgan fingerprint density at radius 3 is 2.13 bits per heavy atom. The zero-order valence-corrected chi connectivity index (χ0v) is 10.8. The van der Waals surface area contributed by atoms with Crippen LogP contribution in [0, 0.1) is 0 Å². The molecule has 0 bridgehead atoms. The van der Waals surface area contributed by atoms with E-state index in [9.17, 15) is 9.90 Å². The minimum absolute atomic E-state index is 0.485. The van der Waals surface area contributed by atoms with Crippen LogP contribution in [-0.4, -0.2) is 36.6 Å². The molecular formula is C12H25NO2. The topological polar surface area (TPSA) is 40.1 Å². The van der Waals surface area contributed by atoms with Crippen LogP contribution in [0.1, 0.15) is 46.5 Å². The van der Waals surface area contributed by atoms with Gasteiger partial charge in [0.2, 0.25) is 0 Å². The number of unbranched alkanes of at least 4 members (excludes halogenated alkanes) is 3. The molecule has 0 aliphatic heterocycles. The predicted molar refractivity (Wildman–Crippen MR) is 60.2 cm³/mol. The van der Waals surface area contributed by atoms with Gasteiger partial charge in [-0.1, -0.05) is 19.8 Å². The molecule has 0 aromatic heterocycles. The smallest absolute Gasteiger partial charge is 0.133 e. The summed E-state index contributed by atoms with van der Waals surface area (Å²) in [6.45, 7) is 6.54. The molecule has 3 nitrogen and oxygen atoms in total. The van der Waals surface area contributed by atoms with Crippen LogP contribution in [0.2, 0.25) is 0 Å². The van der Waals surface area contributed by atoms with Crippen LogP contribution in [0.15, 0.2) is 0 Å². The molecule has 0 aliphatic carbocycles. The summed E-state index contributed by atoms with van der Waals surface area (Å²) in [6.07, 6.45) is 4.70. The fourth-order valence-corrected chi connectivity index (χ4v) is 1.46. The van der Waals surface area contributed by atoms with Crippen molar-refractivity contribution >= 4 is 5.97 Å². The third kappa shape index (κ3) is 3.82. The Hall–Kier alpha value is -0.570. The SMILES string of the molecule is CCCCCC[N+](C)(C)C(C)(C)C(=O)[O-]. The maximum absolute atomic E-state index is 11.0. The van der Waals surface area contributed by atoms with Crippen molar-refractivity contribution < 1.29 is 14.4 Å². The van der Waals surface area contributed by atoms with Crippen LogP contribution in [0.5, 0.6) is 0 Å². The first-order valence-electron chi connectivity index (χ1n) is 5.80. The van der Waals surface area contributed by atoms with Crippen molar-refractivity contribution in [2.45, 2.75) is 52.0 Å². The highest BCUT2D eigenvalue weighted by atomic mass is 16.4. The standard InChI is InChI=1S/C12H25NO2/c1-6-7-8-9-10-13(4,5)12(2,3)11(14)15/h6-10H2,1-5H3. The van der Waals surface area contributed by atoms with E-state index < -0.39 is 11.5 Å². The van der Waals surface area contributed by atoms with Crippen LogP contribution in [-0.2, 0) is 4.79 Å². The zero-order valence-electron chi connectivity index (χ0n) is 10.8. The summed E-state index contributed by atoms with van der Waals surface area (Å²) in [4.78, 5) is 11.0. The van der Waals surface area contributed by atoms with Gasteiger partial charge in [-0.25, -0.2) is 0 Å². The van der Waals surface area contributed by atoms with E-state index in [1.54, 1.807) is 13.8 Å². The van der Waals surface area contributed by atoms with Crippen molar-refractivity contribution in [3.8, 4) is 0 Å². The molecule has 15 heavy (non-hydrogen) atoms. The molecule has 0 heterocycles. The number of nitrogens with zero attached hydrogens (tertiary/aromatic N) is 1.